The van der Waals surface area contributed by atoms with E-state index in [9.17, 15) is 4.39 Å². The number of nitrogens with zero attached hydrogens (tertiary/aromatic N) is 1. The maximum Gasteiger partial charge on any atom is 0.127 e. The van der Waals surface area contributed by atoms with Crippen LogP contribution in [0.1, 0.15) is 49.4 Å². The van der Waals surface area contributed by atoms with Crippen LogP contribution in [0.4, 0.5) is 4.39 Å². The summed E-state index contributed by atoms with van der Waals surface area (Å²) < 4.78 is 20.6. The third-order valence-electron chi connectivity index (χ3n) is 5.16. The van der Waals surface area contributed by atoms with Crippen molar-refractivity contribution in [2.45, 2.75) is 39.2 Å². The molecule has 0 aliphatic carbocycles. The Kier molecular flexibility index (Phi) is 5.13. The van der Waals surface area contributed by atoms with Crippen LogP contribution in [-0.4, -0.2) is 21.6 Å². The van der Waals surface area contributed by atoms with Gasteiger partial charge in [-0.15, -0.1) is 0 Å². The number of aromatic nitrogens is 3. The highest BCUT2D eigenvalue weighted by Gasteiger charge is 2.17. The van der Waals surface area contributed by atoms with Crippen molar-refractivity contribution in [2.24, 2.45) is 0 Å². The molecule has 4 nitrogen and oxygen atoms in total. The lowest BCUT2D eigenvalue weighted by atomic mass is 9.96. The molecule has 6 heteroatoms. The molecule has 0 radical (unpaired) electrons. The van der Waals surface area contributed by atoms with Crippen molar-refractivity contribution in [1.29, 1.82) is 0 Å². The summed E-state index contributed by atoms with van der Waals surface area (Å²) in [4.78, 5) is 10.9. The fraction of sp³-hybridized carbons (Fsp3) is 0.318. The monoisotopic (exact) mass is 399 g/mol. The standard InChI is InChI=1S/C22H23ClFN3O/c1-12(2)19-15-4-6-25-21(15)14(8-18(19)24)11-28-10-13(3)20-16-5-7-26-22(16)17(23)9-27-20/h4-9,12-13,25-26H,10-11H2,1-3H3. The maximum atomic E-state index is 14.6. The topological polar surface area (TPSA) is 53.7 Å². The highest BCUT2D eigenvalue weighted by atomic mass is 35.5. The number of ether oxygens (including phenoxy) is 1. The summed E-state index contributed by atoms with van der Waals surface area (Å²) in [5, 5.41) is 2.53. The molecular weight excluding hydrogens is 377 g/mol. The lowest BCUT2D eigenvalue weighted by molar-refractivity contribution is 0.110. The molecule has 3 aromatic heterocycles. The molecule has 0 spiro atoms. The minimum absolute atomic E-state index is 0.0782. The van der Waals surface area contributed by atoms with E-state index in [0.717, 1.165) is 38.6 Å². The van der Waals surface area contributed by atoms with Gasteiger partial charge in [0, 0.05) is 40.8 Å². The van der Waals surface area contributed by atoms with Crippen molar-refractivity contribution in [1.82, 2.24) is 15.0 Å². The van der Waals surface area contributed by atoms with Crippen LogP contribution >= 0.6 is 11.6 Å². The Morgan fingerprint density at radius 1 is 1.11 bits per heavy atom. The normalized spacial score (nSPS) is 13.1. The fourth-order valence-electron chi connectivity index (χ4n) is 3.85. The molecule has 146 valence electrons. The summed E-state index contributed by atoms with van der Waals surface area (Å²) in [5.74, 6) is 0.0182. The van der Waals surface area contributed by atoms with E-state index >= 15 is 0 Å². The SMILES string of the molecule is CC(C)c1c(F)cc(COCC(C)c2ncc(Cl)c3[nH]ccc23)c2[nH]ccc12. The second-order valence-corrected chi connectivity index (χ2v) is 7.93. The number of rotatable bonds is 6. The number of H-pyrrole nitrogens is 2. The Bertz CT molecular complexity index is 1130. The van der Waals surface area contributed by atoms with E-state index in [1.807, 2.05) is 38.4 Å². The van der Waals surface area contributed by atoms with Crippen LogP contribution in [0.15, 0.2) is 36.8 Å². The lowest BCUT2D eigenvalue weighted by Gasteiger charge is -2.15. The molecule has 4 rings (SSSR count). The maximum absolute atomic E-state index is 14.6. The smallest absolute Gasteiger partial charge is 0.127 e. The molecule has 0 bridgehead atoms. The summed E-state index contributed by atoms with van der Waals surface area (Å²) in [5.41, 5.74) is 4.33. The van der Waals surface area contributed by atoms with Gasteiger partial charge in [0.2, 0.25) is 0 Å². The van der Waals surface area contributed by atoms with Crippen molar-refractivity contribution in [2.75, 3.05) is 6.61 Å². The van der Waals surface area contributed by atoms with Crippen LogP contribution in [0.5, 0.6) is 0 Å². The van der Waals surface area contributed by atoms with Crippen LogP contribution in [0, 0.1) is 5.82 Å². The van der Waals surface area contributed by atoms with E-state index in [2.05, 4.69) is 21.9 Å². The second-order valence-electron chi connectivity index (χ2n) is 7.53. The van der Waals surface area contributed by atoms with Crippen LogP contribution in [0.3, 0.4) is 0 Å². The Morgan fingerprint density at radius 2 is 1.82 bits per heavy atom. The number of hydrogen-bond donors (Lipinski definition) is 2. The number of fused-ring (bicyclic) bond motifs is 2. The number of benzene rings is 1. The molecule has 1 aromatic carbocycles. The second kappa shape index (κ2) is 7.57. The highest BCUT2D eigenvalue weighted by molar-refractivity contribution is 6.35. The lowest BCUT2D eigenvalue weighted by Crippen LogP contribution is -2.08. The largest absolute Gasteiger partial charge is 0.376 e. The molecule has 1 atom stereocenters. The third-order valence-corrected chi connectivity index (χ3v) is 5.45. The summed E-state index contributed by atoms with van der Waals surface area (Å²) in [6.07, 6.45) is 5.37. The average Bonchev–Trinajstić information content (AvgIpc) is 3.31. The van der Waals surface area contributed by atoms with Gasteiger partial charge in [-0.25, -0.2) is 4.39 Å². The number of pyridine rings is 1. The first kappa shape index (κ1) is 19.0. The zero-order valence-corrected chi connectivity index (χ0v) is 16.9. The zero-order valence-electron chi connectivity index (χ0n) is 16.1. The minimum Gasteiger partial charge on any atom is -0.376 e. The van der Waals surface area contributed by atoms with Gasteiger partial charge in [-0.05, 0) is 29.7 Å². The average molecular weight is 400 g/mol. The molecule has 0 aliphatic rings. The van der Waals surface area contributed by atoms with Crippen molar-refractivity contribution in [3.05, 3.63) is 64.5 Å². The molecule has 28 heavy (non-hydrogen) atoms. The quantitative estimate of drug-likeness (QED) is 0.401. The van der Waals surface area contributed by atoms with Gasteiger partial charge < -0.3 is 14.7 Å². The molecule has 1 unspecified atom stereocenters. The van der Waals surface area contributed by atoms with Crippen molar-refractivity contribution < 1.29 is 9.13 Å². The van der Waals surface area contributed by atoms with E-state index < -0.39 is 0 Å². The first-order valence-electron chi connectivity index (χ1n) is 9.45. The minimum atomic E-state index is -0.179. The first-order valence-corrected chi connectivity index (χ1v) is 9.82. The van der Waals surface area contributed by atoms with Crippen LogP contribution in [-0.2, 0) is 11.3 Å². The predicted octanol–water partition coefficient (Wildman–Crippen LogP) is 6.28. The molecular formula is C22H23ClFN3O. The number of aromatic amines is 2. The van der Waals surface area contributed by atoms with Crippen LogP contribution in [0.2, 0.25) is 5.02 Å². The first-order chi connectivity index (χ1) is 13.5. The number of hydrogen-bond acceptors (Lipinski definition) is 2. The Balaban J connectivity index is 1.52. The molecule has 0 saturated heterocycles. The number of halogens is 2. The summed E-state index contributed by atoms with van der Waals surface area (Å²) in [6.45, 7) is 6.88. The predicted molar refractivity (Wildman–Crippen MR) is 112 cm³/mol. The van der Waals surface area contributed by atoms with Gasteiger partial charge in [0.1, 0.15) is 5.82 Å². The van der Waals surface area contributed by atoms with Gasteiger partial charge in [0.05, 0.1) is 35.0 Å². The van der Waals surface area contributed by atoms with Gasteiger partial charge in [-0.1, -0.05) is 32.4 Å². The van der Waals surface area contributed by atoms with Gasteiger partial charge in [0.25, 0.3) is 0 Å². The van der Waals surface area contributed by atoms with E-state index in [1.54, 1.807) is 12.3 Å². The van der Waals surface area contributed by atoms with Crippen molar-refractivity contribution in [3.8, 4) is 0 Å². The zero-order chi connectivity index (χ0) is 19.8. The summed E-state index contributed by atoms with van der Waals surface area (Å²) in [7, 11) is 0. The summed E-state index contributed by atoms with van der Waals surface area (Å²) in [6, 6.07) is 5.49. The van der Waals surface area contributed by atoms with Crippen molar-refractivity contribution in [3.63, 3.8) is 0 Å². The molecule has 0 amide bonds. The molecule has 3 heterocycles. The Hall–Kier alpha value is -2.37. The van der Waals surface area contributed by atoms with E-state index in [-0.39, 0.29) is 17.7 Å². The van der Waals surface area contributed by atoms with E-state index in [0.29, 0.717) is 18.2 Å². The fourth-order valence-corrected chi connectivity index (χ4v) is 4.05. The van der Waals surface area contributed by atoms with Crippen LogP contribution < -0.4 is 0 Å². The van der Waals surface area contributed by atoms with Gasteiger partial charge >= 0.3 is 0 Å². The molecule has 0 aliphatic heterocycles. The van der Waals surface area contributed by atoms with Gasteiger partial charge in [-0.2, -0.15) is 0 Å². The Morgan fingerprint density at radius 3 is 2.57 bits per heavy atom. The highest BCUT2D eigenvalue weighted by Crippen LogP contribution is 2.31. The number of nitrogens with one attached hydrogen (secondary N) is 2. The van der Waals surface area contributed by atoms with Crippen molar-refractivity contribution >= 4 is 33.4 Å². The van der Waals surface area contributed by atoms with E-state index in [4.69, 9.17) is 16.3 Å². The molecule has 0 saturated carbocycles. The van der Waals surface area contributed by atoms with Gasteiger partial charge in [0.15, 0.2) is 0 Å². The third kappa shape index (κ3) is 3.29. The Labute approximate surface area is 168 Å². The molecule has 2 N–H and O–H groups in total. The molecule has 0 fully saturated rings. The summed E-state index contributed by atoms with van der Waals surface area (Å²) >= 11 is 6.19. The van der Waals surface area contributed by atoms with Gasteiger partial charge in [-0.3, -0.25) is 4.98 Å². The van der Waals surface area contributed by atoms with Crippen LogP contribution in [0.25, 0.3) is 21.8 Å². The van der Waals surface area contributed by atoms with E-state index in [1.165, 1.54) is 0 Å². The molecule has 4 aromatic rings.